The molecule has 0 aromatic heterocycles. The molecule has 0 fully saturated rings. The molecule has 2 amide bonds. The lowest BCUT2D eigenvalue weighted by molar-refractivity contribution is -0.127. The first-order valence-electron chi connectivity index (χ1n) is 8.25. The van der Waals surface area contributed by atoms with Crippen LogP contribution in [-0.4, -0.2) is 42.1 Å². The van der Waals surface area contributed by atoms with Crippen molar-refractivity contribution in [2.45, 2.75) is 24.9 Å². The zero-order valence-corrected chi connectivity index (χ0v) is 14.0. The normalized spacial score (nSPS) is 17.6. The summed E-state index contributed by atoms with van der Waals surface area (Å²) in [6.45, 7) is 0. The van der Waals surface area contributed by atoms with Crippen LogP contribution in [0.15, 0.2) is 54.6 Å². The average Bonchev–Trinajstić information content (AvgIpc) is 2.64. The highest BCUT2D eigenvalue weighted by atomic mass is 16.2. The van der Waals surface area contributed by atoms with Crippen LogP contribution in [0, 0.1) is 0 Å². The van der Waals surface area contributed by atoms with E-state index in [2.05, 4.69) is 5.32 Å². The van der Waals surface area contributed by atoms with E-state index in [0.29, 0.717) is 18.4 Å². The van der Waals surface area contributed by atoms with Gasteiger partial charge < -0.3 is 15.0 Å². The number of rotatable bonds is 5. The highest BCUT2D eigenvalue weighted by molar-refractivity contribution is 6.00. The van der Waals surface area contributed by atoms with E-state index < -0.39 is 12.1 Å². The Morgan fingerprint density at radius 1 is 1.20 bits per heavy atom. The second kappa shape index (κ2) is 7.30. The van der Waals surface area contributed by atoms with Crippen LogP contribution in [-0.2, 0) is 22.4 Å². The third kappa shape index (κ3) is 3.60. The van der Waals surface area contributed by atoms with Gasteiger partial charge in [-0.3, -0.25) is 9.59 Å². The molecule has 1 heterocycles. The molecule has 2 atom stereocenters. The monoisotopic (exact) mass is 336 g/mol. The molecule has 0 saturated heterocycles. The van der Waals surface area contributed by atoms with Gasteiger partial charge in [0.2, 0.25) is 5.91 Å². The Labute approximate surface area is 146 Å². The summed E-state index contributed by atoms with van der Waals surface area (Å²) in [6, 6.07) is 15.6. The Morgan fingerprint density at radius 3 is 2.60 bits per heavy atom. The maximum atomic E-state index is 12.7. The van der Waals surface area contributed by atoms with Gasteiger partial charge in [-0.15, -0.1) is 0 Å². The zero-order chi connectivity index (χ0) is 17.8. The standard InChI is InChI=1S/C20H20N2O3/c1-22-18(12-15-9-5-6-10-17(15)20(22)25)19(24)21-16(13-23)11-14-7-3-2-4-8-14/h2-10,13,16,18H,11-12H2,1H3,(H,21,24)/t16-,18?/m0/s1. The van der Waals surface area contributed by atoms with E-state index in [0.717, 1.165) is 17.4 Å². The van der Waals surface area contributed by atoms with Crippen molar-refractivity contribution in [3.8, 4) is 0 Å². The van der Waals surface area contributed by atoms with E-state index in [9.17, 15) is 14.4 Å². The highest BCUT2D eigenvalue weighted by Gasteiger charge is 2.34. The van der Waals surface area contributed by atoms with Crippen LogP contribution in [0.5, 0.6) is 0 Å². The van der Waals surface area contributed by atoms with Gasteiger partial charge in [-0.2, -0.15) is 0 Å². The van der Waals surface area contributed by atoms with Gasteiger partial charge in [-0.05, 0) is 23.6 Å². The maximum Gasteiger partial charge on any atom is 0.254 e. The molecule has 1 aliphatic rings. The second-order valence-electron chi connectivity index (χ2n) is 6.23. The number of fused-ring (bicyclic) bond motifs is 1. The molecule has 25 heavy (non-hydrogen) atoms. The van der Waals surface area contributed by atoms with Gasteiger partial charge in [0.05, 0.1) is 6.04 Å². The van der Waals surface area contributed by atoms with Crippen LogP contribution < -0.4 is 5.32 Å². The molecule has 1 N–H and O–H groups in total. The fourth-order valence-corrected chi connectivity index (χ4v) is 3.13. The number of aldehydes is 1. The van der Waals surface area contributed by atoms with Crippen molar-refractivity contribution < 1.29 is 14.4 Å². The minimum absolute atomic E-state index is 0.173. The quantitative estimate of drug-likeness (QED) is 0.844. The molecule has 0 radical (unpaired) electrons. The minimum atomic E-state index is -0.615. The van der Waals surface area contributed by atoms with Crippen molar-refractivity contribution in [1.29, 1.82) is 0 Å². The summed E-state index contributed by atoms with van der Waals surface area (Å²) in [5.74, 6) is -0.480. The number of nitrogens with zero attached hydrogens (tertiary/aromatic N) is 1. The Bertz CT molecular complexity index is 789. The minimum Gasteiger partial charge on any atom is -0.344 e. The van der Waals surface area contributed by atoms with Gasteiger partial charge in [0.25, 0.3) is 5.91 Å². The van der Waals surface area contributed by atoms with E-state index in [1.807, 2.05) is 48.5 Å². The molecular weight excluding hydrogens is 316 g/mol. The first-order valence-corrected chi connectivity index (χ1v) is 8.25. The van der Waals surface area contributed by atoms with E-state index >= 15 is 0 Å². The molecule has 0 spiro atoms. The largest absolute Gasteiger partial charge is 0.344 e. The Balaban J connectivity index is 1.72. The summed E-state index contributed by atoms with van der Waals surface area (Å²) >= 11 is 0. The molecule has 3 rings (SSSR count). The first-order chi connectivity index (χ1) is 12.1. The van der Waals surface area contributed by atoms with Crippen molar-refractivity contribution in [1.82, 2.24) is 10.2 Å². The van der Waals surface area contributed by atoms with Crippen LogP contribution in [0.4, 0.5) is 0 Å². The number of likely N-dealkylation sites (N-methyl/N-ethyl adjacent to an activating group) is 1. The molecule has 5 nitrogen and oxygen atoms in total. The van der Waals surface area contributed by atoms with E-state index in [1.165, 1.54) is 4.90 Å². The molecule has 0 aliphatic carbocycles. The SMILES string of the molecule is CN1C(=O)c2ccccc2CC1C(=O)N[C@H](C=O)Cc1ccccc1. The van der Waals surface area contributed by atoms with Crippen molar-refractivity contribution in [2.75, 3.05) is 7.05 Å². The molecule has 1 unspecified atom stereocenters. The third-order valence-corrected chi connectivity index (χ3v) is 4.54. The maximum absolute atomic E-state index is 12.7. The Kier molecular flexibility index (Phi) is 4.93. The smallest absolute Gasteiger partial charge is 0.254 e. The number of amides is 2. The fourth-order valence-electron chi connectivity index (χ4n) is 3.13. The van der Waals surface area contributed by atoms with Gasteiger partial charge >= 0.3 is 0 Å². The summed E-state index contributed by atoms with van der Waals surface area (Å²) in [5, 5.41) is 2.77. The Morgan fingerprint density at radius 2 is 1.88 bits per heavy atom. The highest BCUT2D eigenvalue weighted by Crippen LogP contribution is 2.22. The molecule has 0 saturated carbocycles. The summed E-state index contributed by atoms with van der Waals surface area (Å²) in [6.07, 6.45) is 1.61. The summed E-state index contributed by atoms with van der Waals surface area (Å²) < 4.78 is 0. The summed E-state index contributed by atoms with van der Waals surface area (Å²) in [5.41, 5.74) is 2.46. The lowest BCUT2D eigenvalue weighted by atomic mass is 9.93. The number of carbonyl (C=O) groups is 3. The molecule has 0 bridgehead atoms. The first kappa shape index (κ1) is 16.9. The van der Waals surface area contributed by atoms with Crippen molar-refractivity contribution in [3.63, 3.8) is 0 Å². The summed E-state index contributed by atoms with van der Waals surface area (Å²) in [7, 11) is 1.62. The topological polar surface area (TPSA) is 66.5 Å². The van der Waals surface area contributed by atoms with Crippen LogP contribution >= 0.6 is 0 Å². The summed E-state index contributed by atoms with van der Waals surface area (Å²) in [4.78, 5) is 37.9. The molecule has 128 valence electrons. The lowest BCUT2D eigenvalue weighted by Crippen LogP contribution is -2.54. The predicted molar refractivity (Wildman–Crippen MR) is 94.2 cm³/mol. The predicted octanol–water partition coefficient (Wildman–Crippen LogP) is 1.61. The molecule has 2 aromatic carbocycles. The van der Waals surface area contributed by atoms with E-state index in [4.69, 9.17) is 0 Å². The number of hydrogen-bond acceptors (Lipinski definition) is 3. The molecule has 1 aliphatic heterocycles. The van der Waals surface area contributed by atoms with Gasteiger partial charge in [-0.25, -0.2) is 0 Å². The molecule has 2 aromatic rings. The number of hydrogen-bond donors (Lipinski definition) is 1. The van der Waals surface area contributed by atoms with Crippen molar-refractivity contribution in [2.24, 2.45) is 0 Å². The van der Waals surface area contributed by atoms with E-state index in [-0.39, 0.29) is 11.8 Å². The number of carbonyl (C=O) groups excluding carboxylic acids is 3. The van der Waals surface area contributed by atoms with Crippen LogP contribution in [0.3, 0.4) is 0 Å². The second-order valence-corrected chi connectivity index (χ2v) is 6.23. The zero-order valence-electron chi connectivity index (χ0n) is 14.0. The van der Waals surface area contributed by atoms with Crippen LogP contribution in [0.1, 0.15) is 21.5 Å². The van der Waals surface area contributed by atoms with Gasteiger partial charge in [-0.1, -0.05) is 48.5 Å². The van der Waals surface area contributed by atoms with Crippen LogP contribution in [0.2, 0.25) is 0 Å². The molecular formula is C20H20N2O3. The number of benzene rings is 2. The van der Waals surface area contributed by atoms with Gasteiger partial charge in [0, 0.05) is 19.0 Å². The van der Waals surface area contributed by atoms with Crippen LogP contribution in [0.25, 0.3) is 0 Å². The molecule has 5 heteroatoms. The van der Waals surface area contributed by atoms with Gasteiger partial charge in [0.15, 0.2) is 0 Å². The average molecular weight is 336 g/mol. The van der Waals surface area contributed by atoms with Gasteiger partial charge in [0.1, 0.15) is 12.3 Å². The Hall–Kier alpha value is -2.95. The third-order valence-electron chi connectivity index (χ3n) is 4.54. The fraction of sp³-hybridized carbons (Fsp3) is 0.250. The number of nitrogens with one attached hydrogen (secondary N) is 1. The van der Waals surface area contributed by atoms with E-state index in [1.54, 1.807) is 13.1 Å². The van der Waals surface area contributed by atoms with Crippen molar-refractivity contribution in [3.05, 3.63) is 71.3 Å². The van der Waals surface area contributed by atoms with Crippen molar-refractivity contribution >= 4 is 18.1 Å². The lowest BCUT2D eigenvalue weighted by Gasteiger charge is -2.33.